The number of ether oxygens (including phenoxy) is 1. The summed E-state index contributed by atoms with van der Waals surface area (Å²) in [6, 6.07) is 4.97. The van der Waals surface area contributed by atoms with E-state index in [4.69, 9.17) is 15.1 Å². The van der Waals surface area contributed by atoms with E-state index >= 15 is 0 Å². The third kappa shape index (κ3) is 1.97. The van der Waals surface area contributed by atoms with Crippen molar-refractivity contribution in [3.8, 4) is 17.6 Å². The van der Waals surface area contributed by atoms with E-state index in [0.717, 1.165) is 0 Å². The van der Waals surface area contributed by atoms with Crippen LogP contribution in [0.5, 0.6) is 11.5 Å². The Balaban J connectivity index is 2.51. The Morgan fingerprint density at radius 1 is 1.56 bits per heavy atom. The highest BCUT2D eigenvalue weighted by atomic mass is 16.5. The number of carbonyl (C=O) groups is 1. The Bertz CT molecular complexity index is 541. The largest absolute Gasteiger partial charge is 0.504 e. The Kier molecular flexibility index (Phi) is 2.87. The van der Waals surface area contributed by atoms with Crippen LogP contribution in [0.4, 0.5) is 0 Å². The number of carboxylic acid groups (broad SMARTS) is 1. The second kappa shape index (κ2) is 4.22. The zero-order chi connectivity index (χ0) is 13.3. The van der Waals surface area contributed by atoms with Gasteiger partial charge in [0.05, 0.1) is 25.2 Å². The molecule has 0 unspecified atom stereocenters. The predicted octanol–water partition coefficient (Wildman–Crippen LogP) is 1.78. The maximum atomic E-state index is 10.9. The van der Waals surface area contributed by atoms with Gasteiger partial charge in [-0.3, -0.25) is 4.79 Å². The van der Waals surface area contributed by atoms with Crippen molar-refractivity contribution in [3.63, 3.8) is 0 Å². The molecule has 0 aliphatic heterocycles. The molecule has 0 radical (unpaired) electrons. The molecule has 0 amide bonds. The molecule has 1 aromatic rings. The molecule has 94 valence electrons. The van der Waals surface area contributed by atoms with Crippen LogP contribution in [0.15, 0.2) is 12.1 Å². The van der Waals surface area contributed by atoms with Crippen LogP contribution < -0.4 is 4.74 Å². The highest BCUT2D eigenvalue weighted by Gasteiger charge is 2.48. The van der Waals surface area contributed by atoms with Gasteiger partial charge in [-0.15, -0.1) is 0 Å². The van der Waals surface area contributed by atoms with Gasteiger partial charge in [-0.25, -0.2) is 0 Å². The minimum Gasteiger partial charge on any atom is -0.504 e. The number of rotatable bonds is 4. The average Bonchev–Trinajstić information content (AvgIpc) is 3.09. The summed E-state index contributed by atoms with van der Waals surface area (Å²) >= 11 is 0. The first kappa shape index (κ1) is 12.2. The van der Waals surface area contributed by atoms with E-state index in [9.17, 15) is 9.90 Å². The van der Waals surface area contributed by atoms with E-state index in [1.807, 2.05) is 6.07 Å². The molecule has 0 heterocycles. The lowest BCUT2D eigenvalue weighted by Crippen LogP contribution is -2.13. The fourth-order valence-electron chi connectivity index (χ4n) is 2.21. The highest BCUT2D eigenvalue weighted by molar-refractivity contribution is 5.71. The van der Waals surface area contributed by atoms with Crippen LogP contribution in [0.3, 0.4) is 0 Å². The van der Waals surface area contributed by atoms with Crippen LogP contribution >= 0.6 is 0 Å². The molecule has 1 aromatic carbocycles. The number of aromatic hydroxyl groups is 1. The van der Waals surface area contributed by atoms with Gasteiger partial charge in [-0.2, -0.15) is 5.26 Å². The topological polar surface area (TPSA) is 90.5 Å². The lowest BCUT2D eigenvalue weighted by molar-refractivity contribution is -0.137. The molecule has 0 bridgehead atoms. The van der Waals surface area contributed by atoms with E-state index in [0.29, 0.717) is 24.0 Å². The standard InChI is InChI=1S/C13H13NO4/c1-18-10-5-8(7-14)4-9(12(10)17)13(2-3-13)6-11(15)16/h4-5,17H,2-3,6H2,1H3,(H,15,16). The first-order valence-electron chi connectivity index (χ1n) is 5.56. The van der Waals surface area contributed by atoms with Gasteiger partial charge in [0.15, 0.2) is 11.5 Å². The molecule has 0 spiro atoms. The molecular formula is C13H13NO4. The van der Waals surface area contributed by atoms with Gasteiger partial charge in [-0.05, 0) is 18.9 Å². The summed E-state index contributed by atoms with van der Waals surface area (Å²) in [6.45, 7) is 0. The van der Waals surface area contributed by atoms with Crippen LogP contribution in [0.1, 0.15) is 30.4 Å². The molecule has 0 atom stereocenters. The fourth-order valence-corrected chi connectivity index (χ4v) is 2.21. The molecule has 1 aliphatic carbocycles. The lowest BCUT2D eigenvalue weighted by atomic mass is 9.90. The number of hydrogen-bond acceptors (Lipinski definition) is 4. The monoisotopic (exact) mass is 247 g/mol. The van der Waals surface area contributed by atoms with Gasteiger partial charge in [-0.1, -0.05) is 0 Å². The summed E-state index contributed by atoms with van der Waals surface area (Å²) in [6.07, 6.45) is 1.36. The maximum Gasteiger partial charge on any atom is 0.304 e. The molecule has 0 aromatic heterocycles. The zero-order valence-corrected chi connectivity index (χ0v) is 9.93. The van der Waals surface area contributed by atoms with Crippen molar-refractivity contribution in [1.82, 2.24) is 0 Å². The van der Waals surface area contributed by atoms with Gasteiger partial charge < -0.3 is 14.9 Å². The molecule has 1 aliphatic rings. The Morgan fingerprint density at radius 3 is 2.67 bits per heavy atom. The normalized spacial score (nSPS) is 15.8. The summed E-state index contributed by atoms with van der Waals surface area (Å²) in [5.74, 6) is -0.760. The third-order valence-corrected chi connectivity index (χ3v) is 3.34. The molecule has 5 nitrogen and oxygen atoms in total. The number of carboxylic acids is 1. The summed E-state index contributed by atoms with van der Waals surface area (Å²) < 4.78 is 5.01. The Morgan fingerprint density at radius 2 is 2.22 bits per heavy atom. The number of benzene rings is 1. The molecule has 18 heavy (non-hydrogen) atoms. The summed E-state index contributed by atoms with van der Waals surface area (Å²) in [5, 5.41) is 27.9. The van der Waals surface area contributed by atoms with Crippen molar-refractivity contribution in [2.75, 3.05) is 7.11 Å². The average molecular weight is 247 g/mol. The molecule has 2 rings (SSSR count). The smallest absolute Gasteiger partial charge is 0.304 e. The van der Waals surface area contributed by atoms with E-state index in [1.165, 1.54) is 13.2 Å². The van der Waals surface area contributed by atoms with Crippen molar-refractivity contribution in [2.24, 2.45) is 0 Å². The number of methoxy groups -OCH3 is 1. The van der Waals surface area contributed by atoms with Crippen LogP contribution in [-0.4, -0.2) is 23.3 Å². The van der Waals surface area contributed by atoms with Gasteiger partial charge in [0, 0.05) is 17.0 Å². The molecule has 0 saturated heterocycles. The molecular weight excluding hydrogens is 234 g/mol. The van der Waals surface area contributed by atoms with Gasteiger partial charge in [0.2, 0.25) is 0 Å². The minimum atomic E-state index is -0.909. The SMILES string of the molecule is COc1cc(C#N)cc(C2(CC(=O)O)CC2)c1O. The molecule has 1 fully saturated rings. The fraction of sp³-hybridized carbons (Fsp3) is 0.385. The number of hydrogen-bond donors (Lipinski definition) is 2. The maximum absolute atomic E-state index is 10.9. The van der Waals surface area contributed by atoms with Crippen molar-refractivity contribution >= 4 is 5.97 Å². The number of nitrogens with zero attached hydrogens (tertiary/aromatic N) is 1. The van der Waals surface area contributed by atoms with Crippen LogP contribution in [0.25, 0.3) is 0 Å². The van der Waals surface area contributed by atoms with Crippen LogP contribution in [0, 0.1) is 11.3 Å². The highest BCUT2D eigenvalue weighted by Crippen LogP contribution is 2.55. The van der Waals surface area contributed by atoms with Crippen molar-refractivity contribution < 1.29 is 19.7 Å². The number of aliphatic carboxylic acids is 1. The third-order valence-electron chi connectivity index (χ3n) is 3.34. The number of nitriles is 1. The number of phenols is 1. The van der Waals surface area contributed by atoms with Crippen molar-refractivity contribution in [1.29, 1.82) is 5.26 Å². The van der Waals surface area contributed by atoms with E-state index in [2.05, 4.69) is 0 Å². The summed E-state index contributed by atoms with van der Waals surface area (Å²) in [7, 11) is 1.40. The van der Waals surface area contributed by atoms with Gasteiger partial charge in [0.1, 0.15) is 0 Å². The minimum absolute atomic E-state index is 0.0431. The molecule has 1 saturated carbocycles. The summed E-state index contributed by atoms with van der Waals surface area (Å²) in [4.78, 5) is 10.9. The second-order valence-electron chi connectivity index (χ2n) is 4.54. The zero-order valence-electron chi connectivity index (χ0n) is 9.93. The Labute approximate surface area is 104 Å². The molecule has 2 N–H and O–H groups in total. The van der Waals surface area contributed by atoms with Crippen LogP contribution in [0.2, 0.25) is 0 Å². The van der Waals surface area contributed by atoms with Gasteiger partial charge in [0.25, 0.3) is 0 Å². The second-order valence-corrected chi connectivity index (χ2v) is 4.54. The van der Waals surface area contributed by atoms with Crippen molar-refractivity contribution in [3.05, 3.63) is 23.3 Å². The predicted molar refractivity (Wildman–Crippen MR) is 62.5 cm³/mol. The quantitative estimate of drug-likeness (QED) is 0.846. The first-order chi connectivity index (χ1) is 8.52. The van der Waals surface area contributed by atoms with E-state index in [1.54, 1.807) is 6.07 Å². The molecule has 5 heteroatoms. The van der Waals surface area contributed by atoms with Crippen LogP contribution in [-0.2, 0) is 10.2 Å². The van der Waals surface area contributed by atoms with E-state index in [-0.39, 0.29) is 17.9 Å². The summed E-state index contributed by atoms with van der Waals surface area (Å²) in [5.41, 5.74) is 0.313. The Hall–Kier alpha value is -2.22. The van der Waals surface area contributed by atoms with Gasteiger partial charge >= 0.3 is 5.97 Å². The van der Waals surface area contributed by atoms with E-state index < -0.39 is 11.4 Å². The number of phenolic OH excluding ortho intramolecular Hbond substituents is 1. The van der Waals surface area contributed by atoms with Crippen molar-refractivity contribution in [2.45, 2.75) is 24.7 Å². The first-order valence-corrected chi connectivity index (χ1v) is 5.56. The lowest BCUT2D eigenvalue weighted by Gasteiger charge is -2.17.